The molecule has 5 nitrogen and oxygen atoms in total. The number of thiazole rings is 1. The van der Waals surface area contributed by atoms with Crippen molar-refractivity contribution >= 4 is 28.2 Å². The summed E-state index contributed by atoms with van der Waals surface area (Å²) in [6, 6.07) is 9.56. The number of amides is 1. The van der Waals surface area contributed by atoms with Gasteiger partial charge in [0.15, 0.2) is 5.76 Å². The second kappa shape index (κ2) is 6.61. The molecule has 1 fully saturated rings. The minimum absolute atomic E-state index is 0.0169. The lowest BCUT2D eigenvalue weighted by molar-refractivity contribution is 0.0600. The molecule has 4 rings (SSSR count). The quantitative estimate of drug-likeness (QED) is 0.722. The van der Waals surface area contributed by atoms with E-state index in [0.29, 0.717) is 5.76 Å². The third-order valence-electron chi connectivity index (χ3n) is 4.73. The van der Waals surface area contributed by atoms with Crippen LogP contribution in [0.25, 0.3) is 11.0 Å². The van der Waals surface area contributed by atoms with Crippen LogP contribution in [0, 0.1) is 13.8 Å². The summed E-state index contributed by atoms with van der Waals surface area (Å²) in [7, 11) is 0. The highest BCUT2D eigenvalue weighted by atomic mass is 32.1. The molecule has 3 heterocycles. The summed E-state index contributed by atoms with van der Waals surface area (Å²) in [5.74, 6) is 0.414. The number of aryl methyl sites for hydroxylation is 2. The van der Waals surface area contributed by atoms with E-state index < -0.39 is 0 Å². The monoisotopic (exact) mass is 355 g/mol. The third kappa shape index (κ3) is 3.32. The number of fused-ring (bicyclic) bond motifs is 1. The maximum absolute atomic E-state index is 12.7. The molecule has 1 aliphatic heterocycles. The number of nitrogens with zero attached hydrogens (tertiary/aromatic N) is 3. The first kappa shape index (κ1) is 16.3. The molecular formula is C19H21N3O2S. The van der Waals surface area contributed by atoms with E-state index in [-0.39, 0.29) is 5.91 Å². The van der Waals surface area contributed by atoms with E-state index in [0.717, 1.165) is 54.4 Å². The number of furan rings is 1. The number of para-hydroxylation sites is 1. The van der Waals surface area contributed by atoms with Gasteiger partial charge in [0.05, 0.1) is 12.2 Å². The van der Waals surface area contributed by atoms with Gasteiger partial charge in [-0.2, -0.15) is 0 Å². The van der Waals surface area contributed by atoms with Gasteiger partial charge in [0.25, 0.3) is 5.91 Å². The lowest BCUT2D eigenvalue weighted by Gasteiger charge is -2.33. The van der Waals surface area contributed by atoms with Crippen molar-refractivity contribution in [3.63, 3.8) is 0 Å². The highest BCUT2D eigenvalue weighted by molar-refractivity contribution is 7.11. The second-order valence-electron chi connectivity index (χ2n) is 6.47. The maximum Gasteiger partial charge on any atom is 0.289 e. The third-order valence-corrected chi connectivity index (χ3v) is 5.79. The van der Waals surface area contributed by atoms with Crippen LogP contribution in [0.1, 0.15) is 26.1 Å². The summed E-state index contributed by atoms with van der Waals surface area (Å²) in [6.45, 7) is 8.21. The van der Waals surface area contributed by atoms with E-state index >= 15 is 0 Å². The van der Waals surface area contributed by atoms with E-state index in [1.54, 1.807) is 11.3 Å². The van der Waals surface area contributed by atoms with Crippen molar-refractivity contribution in [3.05, 3.63) is 51.7 Å². The predicted molar refractivity (Wildman–Crippen MR) is 99.0 cm³/mol. The first-order valence-corrected chi connectivity index (χ1v) is 9.35. The van der Waals surface area contributed by atoms with Crippen LogP contribution in [0.3, 0.4) is 0 Å². The number of hydrogen-bond donors (Lipinski definition) is 0. The van der Waals surface area contributed by atoms with Crippen LogP contribution in [-0.2, 0) is 6.54 Å². The summed E-state index contributed by atoms with van der Waals surface area (Å²) in [5, 5.41) is 2.13. The van der Waals surface area contributed by atoms with Crippen LogP contribution in [0.5, 0.6) is 0 Å². The Balaban J connectivity index is 1.38. The summed E-state index contributed by atoms with van der Waals surface area (Å²) >= 11 is 1.77. The topological polar surface area (TPSA) is 49.6 Å². The molecule has 6 heteroatoms. The van der Waals surface area contributed by atoms with Crippen molar-refractivity contribution < 1.29 is 9.21 Å². The fourth-order valence-electron chi connectivity index (χ4n) is 3.15. The maximum atomic E-state index is 12.7. The fraction of sp³-hybridized carbons (Fsp3) is 0.368. The van der Waals surface area contributed by atoms with E-state index in [2.05, 4.69) is 23.7 Å². The first-order chi connectivity index (χ1) is 12.1. The lowest BCUT2D eigenvalue weighted by Crippen LogP contribution is -2.48. The van der Waals surface area contributed by atoms with Crippen molar-refractivity contribution in [2.45, 2.75) is 20.4 Å². The van der Waals surface area contributed by atoms with Gasteiger partial charge >= 0.3 is 0 Å². The number of carbonyl (C=O) groups excluding carboxylic acids is 1. The fourth-order valence-corrected chi connectivity index (χ4v) is 4.13. The molecule has 0 spiro atoms. The molecule has 1 saturated heterocycles. The van der Waals surface area contributed by atoms with Gasteiger partial charge in [-0.1, -0.05) is 18.2 Å². The molecule has 3 aromatic rings. The Hall–Kier alpha value is -2.18. The number of hydrogen-bond acceptors (Lipinski definition) is 5. The normalized spacial score (nSPS) is 15.8. The number of carbonyl (C=O) groups is 1. The van der Waals surface area contributed by atoms with E-state index in [1.165, 1.54) is 4.88 Å². The summed E-state index contributed by atoms with van der Waals surface area (Å²) < 4.78 is 5.71. The number of rotatable bonds is 3. The van der Waals surface area contributed by atoms with Gasteiger partial charge in [-0.3, -0.25) is 9.69 Å². The van der Waals surface area contributed by atoms with Crippen molar-refractivity contribution in [1.82, 2.24) is 14.8 Å². The van der Waals surface area contributed by atoms with Gasteiger partial charge < -0.3 is 9.32 Å². The van der Waals surface area contributed by atoms with Gasteiger partial charge in [-0.05, 0) is 26.0 Å². The average Bonchev–Trinajstić information content (AvgIpc) is 3.18. The molecule has 0 aliphatic carbocycles. The van der Waals surface area contributed by atoms with E-state index in [1.807, 2.05) is 35.2 Å². The molecule has 0 radical (unpaired) electrons. The second-order valence-corrected chi connectivity index (χ2v) is 7.75. The molecule has 1 amide bonds. The van der Waals surface area contributed by atoms with Gasteiger partial charge in [0.1, 0.15) is 10.6 Å². The Morgan fingerprint density at radius 3 is 2.64 bits per heavy atom. The van der Waals surface area contributed by atoms with Gasteiger partial charge in [-0.25, -0.2) is 4.98 Å². The zero-order valence-electron chi connectivity index (χ0n) is 14.5. The minimum atomic E-state index is -0.0169. The Bertz CT molecular complexity index is 854. The smallest absolute Gasteiger partial charge is 0.289 e. The SMILES string of the molecule is Cc1nc(CN2CCN(C(=O)c3cc4ccccc4o3)CC2)sc1C. The van der Waals surface area contributed by atoms with Crippen molar-refractivity contribution in [2.24, 2.45) is 0 Å². The number of aromatic nitrogens is 1. The summed E-state index contributed by atoms with van der Waals surface area (Å²) in [4.78, 5) is 22.8. The highest BCUT2D eigenvalue weighted by Gasteiger charge is 2.25. The molecule has 1 aromatic carbocycles. The molecule has 1 aliphatic rings. The van der Waals surface area contributed by atoms with Crippen LogP contribution in [-0.4, -0.2) is 46.9 Å². The molecule has 25 heavy (non-hydrogen) atoms. The first-order valence-electron chi connectivity index (χ1n) is 8.53. The van der Waals surface area contributed by atoms with Gasteiger partial charge in [-0.15, -0.1) is 11.3 Å². The Kier molecular flexibility index (Phi) is 4.31. The van der Waals surface area contributed by atoms with E-state index in [9.17, 15) is 4.79 Å². The van der Waals surface area contributed by atoms with Crippen molar-refractivity contribution in [3.8, 4) is 0 Å². The van der Waals surface area contributed by atoms with Crippen molar-refractivity contribution in [1.29, 1.82) is 0 Å². The van der Waals surface area contributed by atoms with Gasteiger partial charge in [0.2, 0.25) is 0 Å². The molecule has 130 valence electrons. The molecular weight excluding hydrogens is 334 g/mol. The Morgan fingerprint density at radius 2 is 1.96 bits per heavy atom. The van der Waals surface area contributed by atoms with Gasteiger partial charge in [0, 0.05) is 36.4 Å². The predicted octanol–water partition coefficient (Wildman–Crippen LogP) is 3.46. The Labute approximate surface area is 150 Å². The number of benzene rings is 1. The minimum Gasteiger partial charge on any atom is -0.451 e. The Morgan fingerprint density at radius 1 is 1.20 bits per heavy atom. The number of piperazine rings is 1. The van der Waals surface area contributed by atoms with Crippen LogP contribution in [0.4, 0.5) is 0 Å². The summed E-state index contributed by atoms with van der Waals surface area (Å²) in [6.07, 6.45) is 0. The molecule has 0 N–H and O–H groups in total. The van der Waals surface area contributed by atoms with Crippen molar-refractivity contribution in [2.75, 3.05) is 26.2 Å². The lowest BCUT2D eigenvalue weighted by atomic mass is 10.2. The zero-order chi connectivity index (χ0) is 17.4. The summed E-state index contributed by atoms with van der Waals surface area (Å²) in [5.41, 5.74) is 1.89. The van der Waals surface area contributed by atoms with E-state index in [4.69, 9.17) is 4.42 Å². The van der Waals surface area contributed by atoms with Crippen LogP contribution in [0.15, 0.2) is 34.7 Å². The zero-order valence-corrected chi connectivity index (χ0v) is 15.3. The average molecular weight is 355 g/mol. The largest absolute Gasteiger partial charge is 0.451 e. The molecule has 0 saturated carbocycles. The van der Waals surface area contributed by atoms with Crippen LogP contribution < -0.4 is 0 Å². The molecule has 0 atom stereocenters. The molecule has 2 aromatic heterocycles. The molecule has 0 bridgehead atoms. The van der Waals surface area contributed by atoms with Crippen LogP contribution >= 0.6 is 11.3 Å². The highest BCUT2D eigenvalue weighted by Crippen LogP contribution is 2.22. The standard InChI is InChI=1S/C19H21N3O2S/c1-13-14(2)25-18(20-13)12-21-7-9-22(10-8-21)19(23)17-11-15-5-3-4-6-16(15)24-17/h3-6,11H,7-10,12H2,1-2H3. The van der Waals surface area contributed by atoms with Crippen LogP contribution in [0.2, 0.25) is 0 Å². The molecule has 0 unspecified atom stereocenters.